The Kier molecular flexibility index (Phi) is 6.01. The molecule has 0 spiro atoms. The molecule has 0 aliphatic carbocycles. The molecule has 4 aromatic rings. The summed E-state index contributed by atoms with van der Waals surface area (Å²) >= 11 is 7.53. The first kappa shape index (κ1) is 20.4. The van der Waals surface area contributed by atoms with Crippen LogP contribution in [0.15, 0.2) is 69.0 Å². The first-order valence-corrected chi connectivity index (χ1v) is 10.7. The Hall–Kier alpha value is -2.90. The molecule has 3 aromatic heterocycles. The van der Waals surface area contributed by atoms with Crippen molar-refractivity contribution in [3.63, 3.8) is 0 Å². The van der Waals surface area contributed by atoms with E-state index in [-0.39, 0.29) is 11.2 Å². The summed E-state index contributed by atoms with van der Waals surface area (Å²) in [6.45, 7) is 3.84. The maximum atomic E-state index is 12.9. The van der Waals surface area contributed by atoms with Crippen molar-refractivity contribution in [1.82, 2.24) is 9.97 Å². The molecule has 0 saturated carbocycles. The highest BCUT2D eigenvalue weighted by Gasteiger charge is 2.24. The van der Waals surface area contributed by atoms with E-state index in [1.165, 1.54) is 11.8 Å². The number of hydrogen-bond donors (Lipinski definition) is 2. The van der Waals surface area contributed by atoms with Gasteiger partial charge in [0, 0.05) is 10.7 Å². The summed E-state index contributed by atoms with van der Waals surface area (Å²) in [4.78, 5) is 20.9. The number of aromatic nitrogens is 2. The number of thioether (sulfide) groups is 1. The third-order valence-electron chi connectivity index (χ3n) is 4.65. The smallest absolute Gasteiger partial charge is 0.237 e. The molecule has 0 saturated heterocycles. The Morgan fingerprint density at radius 3 is 2.57 bits per heavy atom. The van der Waals surface area contributed by atoms with E-state index < -0.39 is 0 Å². The number of rotatable bonds is 7. The minimum Gasteiger partial charge on any atom is -0.463 e. The summed E-state index contributed by atoms with van der Waals surface area (Å²) in [7, 11) is 0. The number of anilines is 1. The summed E-state index contributed by atoms with van der Waals surface area (Å²) in [6.07, 6.45) is 3.83. The second-order valence-corrected chi connectivity index (χ2v) is 8.24. The standard InChI is InChI=1S/C22H20ClN3O3S/c1-3-18(21(27)24-15-8-4-7-14(23)13(15)2)30-22-25-19(16-9-5-11-28-16)20(26-22)17-10-6-12-29-17/h4-12,18H,3H2,1-2H3,(H,24,27)(H,25,26). The van der Waals surface area contributed by atoms with Crippen LogP contribution in [0.5, 0.6) is 0 Å². The summed E-state index contributed by atoms with van der Waals surface area (Å²) < 4.78 is 11.1. The Balaban J connectivity index is 1.58. The molecule has 0 aliphatic heterocycles. The average Bonchev–Trinajstić information content (AvgIpc) is 3.50. The lowest BCUT2D eigenvalue weighted by Crippen LogP contribution is -2.25. The molecule has 154 valence electrons. The maximum Gasteiger partial charge on any atom is 0.237 e. The molecule has 1 unspecified atom stereocenters. The normalized spacial score (nSPS) is 12.1. The second-order valence-electron chi connectivity index (χ2n) is 6.64. The first-order valence-electron chi connectivity index (χ1n) is 9.47. The van der Waals surface area contributed by atoms with Gasteiger partial charge in [-0.25, -0.2) is 4.98 Å². The molecule has 3 heterocycles. The molecule has 0 fully saturated rings. The maximum absolute atomic E-state index is 12.9. The summed E-state index contributed by atoms with van der Waals surface area (Å²) in [5.74, 6) is 1.16. The highest BCUT2D eigenvalue weighted by molar-refractivity contribution is 8.00. The number of nitrogens with one attached hydrogen (secondary N) is 2. The summed E-state index contributed by atoms with van der Waals surface area (Å²) in [5, 5.41) is 3.86. The van der Waals surface area contributed by atoms with Crippen molar-refractivity contribution in [2.75, 3.05) is 5.32 Å². The van der Waals surface area contributed by atoms with Crippen LogP contribution in [0.1, 0.15) is 18.9 Å². The van der Waals surface area contributed by atoms with Gasteiger partial charge in [-0.2, -0.15) is 0 Å². The van der Waals surface area contributed by atoms with E-state index in [1.807, 2.05) is 44.2 Å². The van der Waals surface area contributed by atoms with Crippen LogP contribution in [-0.2, 0) is 4.79 Å². The summed E-state index contributed by atoms with van der Waals surface area (Å²) in [5.41, 5.74) is 2.89. The van der Waals surface area contributed by atoms with E-state index >= 15 is 0 Å². The van der Waals surface area contributed by atoms with Crippen LogP contribution in [0, 0.1) is 6.92 Å². The number of hydrogen-bond acceptors (Lipinski definition) is 5. The minimum absolute atomic E-state index is 0.108. The van der Waals surface area contributed by atoms with Gasteiger partial charge in [-0.05, 0) is 55.3 Å². The molecule has 30 heavy (non-hydrogen) atoms. The number of carbonyl (C=O) groups is 1. The van der Waals surface area contributed by atoms with Gasteiger partial charge >= 0.3 is 0 Å². The zero-order chi connectivity index (χ0) is 21.1. The molecule has 1 atom stereocenters. The van der Waals surface area contributed by atoms with E-state index in [2.05, 4.69) is 15.3 Å². The van der Waals surface area contributed by atoms with Gasteiger partial charge in [0.25, 0.3) is 0 Å². The fraction of sp³-hybridized carbons (Fsp3) is 0.182. The van der Waals surface area contributed by atoms with Gasteiger partial charge in [-0.15, -0.1) is 0 Å². The van der Waals surface area contributed by atoms with Crippen LogP contribution in [0.3, 0.4) is 0 Å². The largest absolute Gasteiger partial charge is 0.463 e. The Morgan fingerprint density at radius 1 is 1.17 bits per heavy atom. The molecular weight excluding hydrogens is 422 g/mol. The Labute approximate surface area is 183 Å². The average molecular weight is 442 g/mol. The lowest BCUT2D eigenvalue weighted by Gasteiger charge is -2.15. The predicted molar refractivity (Wildman–Crippen MR) is 119 cm³/mol. The zero-order valence-corrected chi connectivity index (χ0v) is 18.0. The molecular formula is C22H20ClN3O3S. The van der Waals surface area contributed by atoms with E-state index in [9.17, 15) is 4.79 Å². The van der Waals surface area contributed by atoms with Gasteiger partial charge < -0.3 is 19.1 Å². The van der Waals surface area contributed by atoms with Crippen LogP contribution in [-0.4, -0.2) is 21.1 Å². The Bertz CT molecular complexity index is 1090. The van der Waals surface area contributed by atoms with Gasteiger partial charge in [0.2, 0.25) is 5.91 Å². The van der Waals surface area contributed by atoms with Crippen LogP contribution in [0.4, 0.5) is 5.69 Å². The number of imidazole rings is 1. The van der Waals surface area contributed by atoms with E-state index in [4.69, 9.17) is 20.4 Å². The Morgan fingerprint density at radius 2 is 1.90 bits per heavy atom. The molecule has 8 heteroatoms. The third-order valence-corrected chi connectivity index (χ3v) is 6.30. The lowest BCUT2D eigenvalue weighted by molar-refractivity contribution is -0.115. The number of H-pyrrole nitrogens is 1. The van der Waals surface area contributed by atoms with E-state index in [1.54, 1.807) is 24.7 Å². The topological polar surface area (TPSA) is 84.1 Å². The van der Waals surface area contributed by atoms with Crippen molar-refractivity contribution in [2.24, 2.45) is 0 Å². The third kappa shape index (κ3) is 4.17. The second kappa shape index (κ2) is 8.85. The van der Waals surface area contributed by atoms with Crippen molar-refractivity contribution in [2.45, 2.75) is 30.7 Å². The van der Waals surface area contributed by atoms with E-state index in [0.717, 1.165) is 5.56 Å². The fourth-order valence-electron chi connectivity index (χ4n) is 3.01. The lowest BCUT2D eigenvalue weighted by atomic mass is 10.2. The molecule has 0 bridgehead atoms. The van der Waals surface area contributed by atoms with Gasteiger partial charge in [0.15, 0.2) is 16.7 Å². The molecule has 6 nitrogen and oxygen atoms in total. The van der Waals surface area contributed by atoms with Crippen LogP contribution < -0.4 is 5.32 Å². The predicted octanol–water partition coefficient (Wildman–Crippen LogP) is 6.40. The molecule has 4 rings (SSSR count). The molecule has 0 aliphatic rings. The highest BCUT2D eigenvalue weighted by Crippen LogP contribution is 2.35. The van der Waals surface area contributed by atoms with Crippen molar-refractivity contribution in [1.29, 1.82) is 0 Å². The fourth-order valence-corrected chi connectivity index (χ4v) is 4.09. The zero-order valence-electron chi connectivity index (χ0n) is 16.4. The number of furan rings is 2. The monoisotopic (exact) mass is 441 g/mol. The number of benzene rings is 1. The molecule has 1 amide bonds. The van der Waals surface area contributed by atoms with Crippen LogP contribution >= 0.6 is 23.4 Å². The first-order chi connectivity index (χ1) is 14.6. The SMILES string of the molecule is CCC(Sc1nc(-c2ccco2)c(-c2ccco2)[nH]1)C(=O)Nc1cccc(Cl)c1C. The van der Waals surface area contributed by atoms with Gasteiger partial charge in [0.1, 0.15) is 11.4 Å². The van der Waals surface area contributed by atoms with Crippen molar-refractivity contribution >= 4 is 35.0 Å². The number of carbonyl (C=O) groups excluding carboxylic acids is 1. The molecule has 2 N–H and O–H groups in total. The van der Waals surface area contributed by atoms with Gasteiger partial charge in [-0.3, -0.25) is 4.79 Å². The van der Waals surface area contributed by atoms with Crippen LogP contribution in [0.2, 0.25) is 5.02 Å². The number of nitrogens with zero attached hydrogens (tertiary/aromatic N) is 1. The van der Waals surface area contributed by atoms with Gasteiger partial charge in [0.05, 0.1) is 17.8 Å². The minimum atomic E-state index is -0.344. The van der Waals surface area contributed by atoms with Crippen molar-refractivity contribution in [3.05, 3.63) is 65.6 Å². The quantitative estimate of drug-likeness (QED) is 0.324. The number of halogens is 1. The van der Waals surface area contributed by atoms with Crippen molar-refractivity contribution in [3.8, 4) is 22.9 Å². The van der Waals surface area contributed by atoms with E-state index in [0.29, 0.717) is 45.2 Å². The molecule has 1 aromatic carbocycles. The molecule has 0 radical (unpaired) electrons. The van der Waals surface area contributed by atoms with Gasteiger partial charge in [-0.1, -0.05) is 36.4 Å². The number of aromatic amines is 1. The summed E-state index contributed by atoms with van der Waals surface area (Å²) in [6, 6.07) is 12.8. The van der Waals surface area contributed by atoms with Crippen molar-refractivity contribution < 1.29 is 13.6 Å². The number of amides is 1. The van der Waals surface area contributed by atoms with Crippen LogP contribution in [0.25, 0.3) is 22.9 Å². The highest BCUT2D eigenvalue weighted by atomic mass is 35.5.